The van der Waals surface area contributed by atoms with Crippen LogP contribution in [0.2, 0.25) is 0 Å². The number of β-amino-alcohol motifs (C(OH)–C–C–N with tert-alkyl or cyclic N) is 1. The first-order chi connectivity index (χ1) is 17.0. The van der Waals surface area contributed by atoms with Crippen LogP contribution < -0.4 is 4.74 Å². The molecule has 35 heavy (non-hydrogen) atoms. The second kappa shape index (κ2) is 14.4. The first kappa shape index (κ1) is 27.4. The van der Waals surface area contributed by atoms with Gasteiger partial charge in [0.25, 0.3) is 0 Å². The van der Waals surface area contributed by atoms with Crippen LogP contribution in [-0.4, -0.2) is 78.3 Å². The normalized spacial score (nSPS) is 16.0. The summed E-state index contributed by atoms with van der Waals surface area (Å²) in [7, 11) is 1.65. The summed E-state index contributed by atoms with van der Waals surface area (Å²) in [6, 6.07) is 8.04. The number of rotatable bonds is 14. The summed E-state index contributed by atoms with van der Waals surface area (Å²) in [5.74, 6) is 0.634. The number of carbonyl (C=O) groups excluding carboxylic acids is 1. The predicted molar refractivity (Wildman–Crippen MR) is 140 cm³/mol. The van der Waals surface area contributed by atoms with Crippen molar-refractivity contribution in [1.29, 1.82) is 0 Å². The molecule has 0 radical (unpaired) electrons. The summed E-state index contributed by atoms with van der Waals surface area (Å²) in [5.41, 5.74) is 1.74. The molecule has 7 nitrogen and oxygen atoms in total. The molecule has 3 rings (SSSR count). The second-order valence-corrected chi connectivity index (χ2v) is 9.52. The molecule has 2 heterocycles. The highest BCUT2D eigenvalue weighted by atomic mass is 16.5. The van der Waals surface area contributed by atoms with Crippen molar-refractivity contribution in [2.45, 2.75) is 70.9 Å². The molecule has 0 bridgehead atoms. The van der Waals surface area contributed by atoms with Gasteiger partial charge in [0.15, 0.2) is 0 Å². The van der Waals surface area contributed by atoms with E-state index in [2.05, 4.69) is 21.7 Å². The Morgan fingerprint density at radius 2 is 1.94 bits per heavy atom. The zero-order valence-electron chi connectivity index (χ0n) is 21.7. The fraction of sp³-hybridized carbons (Fsp3) is 0.643. The van der Waals surface area contributed by atoms with Crippen molar-refractivity contribution in [2.75, 3.05) is 46.4 Å². The largest absolute Gasteiger partial charge is 0.497 e. The molecule has 1 aromatic heterocycles. The fourth-order valence-electron chi connectivity index (χ4n) is 5.06. The molecule has 0 amide bonds. The molecule has 0 unspecified atom stereocenters. The Morgan fingerprint density at radius 3 is 2.66 bits per heavy atom. The molecule has 1 aliphatic rings. The Hall–Kier alpha value is -2.22. The van der Waals surface area contributed by atoms with Gasteiger partial charge in [-0.3, -0.25) is 14.7 Å². The topological polar surface area (TPSA) is 75.1 Å². The number of esters is 1. The van der Waals surface area contributed by atoms with Gasteiger partial charge in [-0.05, 0) is 75.6 Å². The monoisotopic (exact) mass is 485 g/mol. The highest BCUT2D eigenvalue weighted by Gasteiger charge is 2.27. The van der Waals surface area contributed by atoms with Gasteiger partial charge in [-0.25, -0.2) is 0 Å². The first-order valence-corrected chi connectivity index (χ1v) is 13.3. The van der Waals surface area contributed by atoms with E-state index in [-0.39, 0.29) is 5.97 Å². The van der Waals surface area contributed by atoms with Crippen molar-refractivity contribution in [3.63, 3.8) is 0 Å². The number of aromatic nitrogens is 1. The molecule has 1 N–H and O–H groups in total. The molecular formula is C28H43N3O4. The van der Waals surface area contributed by atoms with E-state index in [4.69, 9.17) is 9.47 Å². The second-order valence-electron chi connectivity index (χ2n) is 9.52. The molecule has 1 fully saturated rings. The van der Waals surface area contributed by atoms with E-state index in [1.54, 1.807) is 13.3 Å². The van der Waals surface area contributed by atoms with Crippen molar-refractivity contribution >= 4 is 16.9 Å². The van der Waals surface area contributed by atoms with E-state index >= 15 is 0 Å². The number of unbranched alkanes of at least 4 members (excludes halogenated alkanes) is 4. The first-order valence-electron chi connectivity index (χ1n) is 13.3. The fourth-order valence-corrected chi connectivity index (χ4v) is 5.06. The molecule has 0 saturated carbocycles. The third kappa shape index (κ3) is 8.16. The Labute approximate surface area is 210 Å². The minimum absolute atomic E-state index is 0.126. The van der Waals surface area contributed by atoms with Crippen molar-refractivity contribution in [1.82, 2.24) is 14.8 Å². The van der Waals surface area contributed by atoms with Crippen LogP contribution in [0.1, 0.15) is 70.5 Å². The quantitative estimate of drug-likeness (QED) is 0.310. The van der Waals surface area contributed by atoms with E-state index in [1.807, 2.05) is 31.2 Å². The van der Waals surface area contributed by atoms with E-state index in [0.29, 0.717) is 25.7 Å². The lowest BCUT2D eigenvalue weighted by atomic mass is 9.99. The molecule has 1 aromatic carbocycles. The van der Waals surface area contributed by atoms with Crippen LogP contribution in [-0.2, 0) is 9.53 Å². The van der Waals surface area contributed by atoms with Crippen LogP contribution in [0.25, 0.3) is 10.9 Å². The number of hydrogen-bond donors (Lipinski definition) is 1. The van der Waals surface area contributed by atoms with Gasteiger partial charge in [0.1, 0.15) is 5.75 Å². The number of carbonyl (C=O) groups is 1. The maximum absolute atomic E-state index is 12.2. The minimum Gasteiger partial charge on any atom is -0.497 e. The number of nitrogens with zero attached hydrogens (tertiary/aromatic N) is 3. The van der Waals surface area contributed by atoms with Gasteiger partial charge in [0.2, 0.25) is 0 Å². The average molecular weight is 486 g/mol. The number of hydrogen-bond acceptors (Lipinski definition) is 7. The van der Waals surface area contributed by atoms with E-state index in [0.717, 1.165) is 61.1 Å². The van der Waals surface area contributed by atoms with Crippen molar-refractivity contribution < 1.29 is 19.4 Å². The molecule has 7 heteroatoms. The molecule has 2 aromatic rings. The molecule has 0 spiro atoms. The lowest BCUT2D eigenvalue weighted by Crippen LogP contribution is -2.47. The number of piperidine rings is 1. The Bertz CT molecular complexity index is 914. The Morgan fingerprint density at radius 1 is 1.17 bits per heavy atom. The maximum Gasteiger partial charge on any atom is 0.320 e. The number of ether oxygens (including phenoxy) is 2. The van der Waals surface area contributed by atoms with Gasteiger partial charge in [-0.2, -0.15) is 0 Å². The summed E-state index contributed by atoms with van der Waals surface area (Å²) in [5, 5.41) is 12.0. The summed E-state index contributed by atoms with van der Waals surface area (Å²) in [4.78, 5) is 21.3. The van der Waals surface area contributed by atoms with Crippen molar-refractivity contribution in [3.05, 3.63) is 36.0 Å². The Kier molecular flexibility index (Phi) is 11.2. The van der Waals surface area contributed by atoms with Gasteiger partial charge in [0, 0.05) is 24.2 Å². The molecule has 194 valence electrons. The average Bonchev–Trinajstić information content (AvgIpc) is 2.87. The molecule has 1 aliphatic heterocycles. The molecule has 1 atom stereocenters. The predicted octanol–water partition coefficient (Wildman–Crippen LogP) is 4.58. The van der Waals surface area contributed by atoms with Crippen LogP contribution in [0.4, 0.5) is 0 Å². The highest BCUT2D eigenvalue weighted by Crippen LogP contribution is 2.28. The molecular weight excluding hydrogens is 442 g/mol. The number of pyridine rings is 1. The summed E-state index contributed by atoms with van der Waals surface area (Å²) >= 11 is 0. The molecule has 0 aliphatic carbocycles. The summed E-state index contributed by atoms with van der Waals surface area (Å²) in [6.07, 6.45) is 9.25. The number of likely N-dealkylation sites (tertiary alicyclic amines) is 1. The lowest BCUT2D eigenvalue weighted by Gasteiger charge is -2.38. The smallest absolute Gasteiger partial charge is 0.320 e. The van der Waals surface area contributed by atoms with Crippen LogP contribution >= 0.6 is 0 Å². The zero-order valence-corrected chi connectivity index (χ0v) is 21.7. The van der Waals surface area contributed by atoms with Crippen molar-refractivity contribution in [3.8, 4) is 5.75 Å². The van der Waals surface area contributed by atoms with E-state index < -0.39 is 6.10 Å². The van der Waals surface area contributed by atoms with Crippen LogP contribution in [0, 0.1) is 0 Å². The number of aliphatic hydroxyl groups is 1. The van der Waals surface area contributed by atoms with Crippen molar-refractivity contribution in [2.24, 2.45) is 0 Å². The third-order valence-corrected chi connectivity index (χ3v) is 7.03. The summed E-state index contributed by atoms with van der Waals surface area (Å²) in [6.45, 7) is 8.23. The lowest BCUT2D eigenvalue weighted by molar-refractivity contribution is -0.145. The van der Waals surface area contributed by atoms with Gasteiger partial charge in [-0.1, -0.05) is 32.6 Å². The number of methoxy groups -OCH3 is 1. The SMILES string of the molecule is CCCCCCCN(CC(=O)OCC)C1CCN(C[C@H](O)c2ccnc3ccc(OC)cc23)CC1. The maximum atomic E-state index is 12.2. The van der Waals surface area contributed by atoms with E-state index in [9.17, 15) is 9.90 Å². The number of fused-ring (bicyclic) bond motifs is 1. The standard InChI is InChI=1S/C28H43N3O4/c1-4-6-7-8-9-16-31(21-28(33)35-5-2)22-13-17-30(18-14-22)20-27(32)24-12-15-29-26-11-10-23(34-3)19-25(24)26/h10-12,15,19,22,27,32H,4-9,13-14,16-18,20-21H2,1-3H3/t27-/m0/s1. The number of aliphatic hydroxyl groups excluding tert-OH is 1. The van der Waals surface area contributed by atoms with Gasteiger partial charge in [0.05, 0.1) is 31.9 Å². The minimum atomic E-state index is -0.599. The Balaban J connectivity index is 1.56. The number of benzene rings is 1. The van der Waals surface area contributed by atoms with Gasteiger partial charge >= 0.3 is 5.97 Å². The van der Waals surface area contributed by atoms with Crippen LogP contribution in [0.15, 0.2) is 30.5 Å². The zero-order chi connectivity index (χ0) is 25.0. The van der Waals surface area contributed by atoms with Crippen LogP contribution in [0.5, 0.6) is 5.75 Å². The third-order valence-electron chi connectivity index (χ3n) is 7.03. The molecule has 1 saturated heterocycles. The highest BCUT2D eigenvalue weighted by molar-refractivity contribution is 5.83. The van der Waals surface area contributed by atoms with Gasteiger partial charge in [-0.15, -0.1) is 0 Å². The van der Waals surface area contributed by atoms with E-state index in [1.165, 1.54) is 25.7 Å². The summed E-state index contributed by atoms with van der Waals surface area (Å²) < 4.78 is 10.6. The van der Waals surface area contributed by atoms with Gasteiger partial charge < -0.3 is 19.5 Å². The van der Waals surface area contributed by atoms with Crippen LogP contribution in [0.3, 0.4) is 0 Å².